The van der Waals surface area contributed by atoms with Crippen molar-refractivity contribution >= 4 is 5.97 Å². The topological polar surface area (TPSA) is 26.3 Å². The third kappa shape index (κ3) is 4.18. The van der Waals surface area contributed by atoms with Crippen molar-refractivity contribution in [2.24, 2.45) is 40.4 Å². The monoisotopic (exact) mass is 426 g/mol. The van der Waals surface area contributed by atoms with Gasteiger partial charge in [0.1, 0.15) is 6.10 Å². The maximum absolute atomic E-state index is 11.5. The van der Waals surface area contributed by atoms with Crippen LogP contribution in [-0.4, -0.2) is 12.1 Å². The van der Waals surface area contributed by atoms with Gasteiger partial charge in [0.05, 0.1) is 0 Å². The maximum Gasteiger partial charge on any atom is 0.302 e. The summed E-state index contributed by atoms with van der Waals surface area (Å²) in [5.41, 5.74) is 4.22. The number of ether oxygens (including phenoxy) is 1. The van der Waals surface area contributed by atoms with E-state index in [1.807, 2.05) is 5.57 Å². The van der Waals surface area contributed by atoms with E-state index in [9.17, 15) is 4.79 Å². The van der Waals surface area contributed by atoms with Crippen molar-refractivity contribution in [2.45, 2.75) is 112 Å². The first kappa shape index (κ1) is 23.1. The molecule has 2 nitrogen and oxygen atoms in total. The van der Waals surface area contributed by atoms with Gasteiger partial charge in [-0.05, 0) is 118 Å². The van der Waals surface area contributed by atoms with Gasteiger partial charge >= 0.3 is 5.97 Å². The summed E-state index contributed by atoms with van der Waals surface area (Å²) in [6, 6.07) is 0. The van der Waals surface area contributed by atoms with E-state index >= 15 is 0 Å². The van der Waals surface area contributed by atoms with Crippen molar-refractivity contribution in [2.75, 3.05) is 0 Å². The van der Waals surface area contributed by atoms with E-state index in [1.165, 1.54) is 56.9 Å². The number of hydrogen-bond acceptors (Lipinski definition) is 2. The Labute approximate surface area is 191 Å². The lowest BCUT2D eigenvalue weighted by molar-refractivity contribution is -0.152. The summed E-state index contributed by atoms with van der Waals surface area (Å²) in [4.78, 5) is 11.5. The predicted molar refractivity (Wildman–Crippen MR) is 129 cm³/mol. The molecule has 0 unspecified atom stereocenters. The molecule has 0 aliphatic heterocycles. The minimum atomic E-state index is -0.107. The molecular weight excluding hydrogens is 380 g/mol. The highest BCUT2D eigenvalue weighted by Crippen LogP contribution is 2.67. The minimum absolute atomic E-state index is 0.107. The lowest BCUT2D eigenvalue weighted by atomic mass is 9.47. The number of hydrogen-bond donors (Lipinski definition) is 0. The predicted octanol–water partition coefficient (Wildman–Crippen LogP) is 7.88. The summed E-state index contributed by atoms with van der Waals surface area (Å²) in [6.45, 7) is 13.8. The Morgan fingerprint density at radius 2 is 1.81 bits per heavy atom. The first-order valence-electron chi connectivity index (χ1n) is 13.2. The summed E-state index contributed by atoms with van der Waals surface area (Å²) < 4.78 is 5.63. The zero-order valence-electron chi connectivity index (χ0n) is 21.0. The molecule has 4 rings (SSSR count). The molecule has 4 aliphatic rings. The molecule has 0 aromatic rings. The standard InChI is InChI=1S/C29H46O2/c1-19(2)8-7-9-20(3)25-12-13-26-24-11-10-22-18-23(31-21(4)30)14-16-28(22,5)27(24)15-17-29(25,26)6/h8,11,20,22-23,25-27H,7,9-10,12-18H2,1-6H3/t20-,22+,23-,25+,26-,27-,28-,29+/m0/s1. The summed E-state index contributed by atoms with van der Waals surface area (Å²) in [5, 5.41) is 0. The summed E-state index contributed by atoms with van der Waals surface area (Å²) in [6.07, 6.45) is 18.0. The van der Waals surface area contributed by atoms with Crippen molar-refractivity contribution in [1.82, 2.24) is 0 Å². The largest absolute Gasteiger partial charge is 0.463 e. The van der Waals surface area contributed by atoms with Gasteiger partial charge in [0, 0.05) is 6.92 Å². The van der Waals surface area contributed by atoms with Crippen LogP contribution in [0.3, 0.4) is 0 Å². The van der Waals surface area contributed by atoms with Crippen LogP contribution in [0.5, 0.6) is 0 Å². The van der Waals surface area contributed by atoms with Gasteiger partial charge in [0.25, 0.3) is 0 Å². The molecule has 0 radical (unpaired) electrons. The fraction of sp³-hybridized carbons (Fsp3) is 0.828. The number of carbonyl (C=O) groups excluding carboxylic acids is 1. The van der Waals surface area contributed by atoms with Crippen LogP contribution in [0.2, 0.25) is 0 Å². The zero-order valence-corrected chi connectivity index (χ0v) is 21.0. The van der Waals surface area contributed by atoms with Crippen molar-refractivity contribution in [3.8, 4) is 0 Å². The summed E-state index contributed by atoms with van der Waals surface area (Å²) >= 11 is 0. The van der Waals surface area contributed by atoms with Gasteiger partial charge in [-0.1, -0.05) is 44.1 Å². The molecule has 0 heterocycles. The van der Waals surface area contributed by atoms with Crippen molar-refractivity contribution in [3.63, 3.8) is 0 Å². The molecule has 0 saturated heterocycles. The Morgan fingerprint density at radius 1 is 1.10 bits per heavy atom. The van der Waals surface area contributed by atoms with Crippen LogP contribution < -0.4 is 0 Å². The fourth-order valence-electron chi connectivity index (χ4n) is 8.63. The second-order valence-electron chi connectivity index (χ2n) is 12.3. The van der Waals surface area contributed by atoms with Gasteiger partial charge < -0.3 is 4.74 Å². The average Bonchev–Trinajstić information content (AvgIpc) is 3.05. The fourth-order valence-corrected chi connectivity index (χ4v) is 8.63. The Kier molecular flexibility index (Phi) is 6.50. The third-order valence-electron chi connectivity index (χ3n) is 10.3. The molecule has 0 N–H and O–H groups in total. The molecule has 174 valence electrons. The molecule has 3 fully saturated rings. The van der Waals surface area contributed by atoms with Gasteiger partial charge in [0.2, 0.25) is 0 Å². The van der Waals surface area contributed by atoms with Crippen LogP contribution in [0.1, 0.15) is 106 Å². The Balaban J connectivity index is 1.49. The van der Waals surface area contributed by atoms with Crippen molar-refractivity contribution < 1.29 is 9.53 Å². The lowest BCUT2D eigenvalue weighted by Crippen LogP contribution is -2.50. The quantitative estimate of drug-likeness (QED) is 0.330. The second-order valence-corrected chi connectivity index (χ2v) is 12.3. The third-order valence-corrected chi connectivity index (χ3v) is 10.3. The highest BCUT2D eigenvalue weighted by molar-refractivity contribution is 5.66. The number of fused-ring (bicyclic) bond motifs is 5. The molecule has 0 amide bonds. The second kappa shape index (κ2) is 8.71. The molecule has 4 aliphatic carbocycles. The van der Waals surface area contributed by atoms with E-state index < -0.39 is 0 Å². The van der Waals surface area contributed by atoms with Crippen molar-refractivity contribution in [3.05, 3.63) is 23.3 Å². The van der Waals surface area contributed by atoms with E-state index in [-0.39, 0.29) is 12.1 Å². The maximum atomic E-state index is 11.5. The zero-order chi connectivity index (χ0) is 22.4. The van der Waals surface area contributed by atoms with Crippen LogP contribution >= 0.6 is 0 Å². The Morgan fingerprint density at radius 3 is 2.52 bits per heavy atom. The molecule has 31 heavy (non-hydrogen) atoms. The number of esters is 1. The van der Waals surface area contributed by atoms with E-state index in [0.717, 1.165) is 36.5 Å². The molecule has 2 heteroatoms. The summed E-state index contributed by atoms with van der Waals surface area (Å²) in [7, 11) is 0. The van der Waals surface area contributed by atoms with Gasteiger partial charge in [-0.2, -0.15) is 0 Å². The normalized spacial score (nSPS) is 42.5. The molecule has 0 aromatic carbocycles. The molecule has 8 atom stereocenters. The highest BCUT2D eigenvalue weighted by Gasteiger charge is 2.58. The smallest absolute Gasteiger partial charge is 0.302 e. The van der Waals surface area contributed by atoms with E-state index in [1.54, 1.807) is 6.92 Å². The van der Waals surface area contributed by atoms with Crippen LogP contribution in [0, 0.1) is 40.4 Å². The number of allylic oxidation sites excluding steroid dienone is 4. The Bertz CT molecular complexity index is 744. The van der Waals surface area contributed by atoms with Gasteiger partial charge in [-0.15, -0.1) is 0 Å². The average molecular weight is 427 g/mol. The van der Waals surface area contributed by atoms with Gasteiger partial charge in [-0.3, -0.25) is 4.79 Å². The van der Waals surface area contributed by atoms with E-state index in [2.05, 4.69) is 46.8 Å². The first-order chi connectivity index (χ1) is 14.6. The minimum Gasteiger partial charge on any atom is -0.463 e. The Hall–Kier alpha value is -1.05. The van der Waals surface area contributed by atoms with Crippen molar-refractivity contribution in [1.29, 1.82) is 0 Å². The van der Waals surface area contributed by atoms with Crippen LogP contribution in [0.15, 0.2) is 23.3 Å². The molecule has 0 aromatic heterocycles. The van der Waals surface area contributed by atoms with Gasteiger partial charge in [0.15, 0.2) is 0 Å². The van der Waals surface area contributed by atoms with Crippen LogP contribution in [0.25, 0.3) is 0 Å². The molecule has 0 spiro atoms. The van der Waals surface area contributed by atoms with E-state index in [4.69, 9.17) is 4.74 Å². The van der Waals surface area contributed by atoms with E-state index in [0.29, 0.717) is 16.7 Å². The number of carbonyl (C=O) groups is 1. The first-order valence-corrected chi connectivity index (χ1v) is 13.2. The van der Waals surface area contributed by atoms with Gasteiger partial charge in [-0.25, -0.2) is 0 Å². The summed E-state index contributed by atoms with van der Waals surface area (Å²) in [5.74, 6) is 3.87. The highest BCUT2D eigenvalue weighted by atomic mass is 16.5. The molecule has 3 saturated carbocycles. The number of rotatable bonds is 5. The molecule has 0 bridgehead atoms. The molecular formula is C29H46O2. The SMILES string of the molecule is CC(=O)O[C@H]1CC[C@@]2(C)[C@H](CC=C3[C@@H]2CC[C@]2(C)[C@@H]([C@@H](C)CCC=C(C)C)CC[C@@H]32)C1. The van der Waals surface area contributed by atoms with Crippen LogP contribution in [0.4, 0.5) is 0 Å². The lowest BCUT2D eigenvalue weighted by Gasteiger charge is -2.58. The van der Waals surface area contributed by atoms with Crippen LogP contribution in [-0.2, 0) is 9.53 Å².